The van der Waals surface area contributed by atoms with Gasteiger partial charge in [0.2, 0.25) is 5.95 Å². The Labute approximate surface area is 234 Å². The van der Waals surface area contributed by atoms with Crippen LogP contribution in [-0.4, -0.2) is 51.1 Å². The van der Waals surface area contributed by atoms with Gasteiger partial charge in [-0.3, -0.25) is 5.43 Å². The first-order chi connectivity index (χ1) is 19.2. The summed E-state index contributed by atoms with van der Waals surface area (Å²) in [6.07, 6.45) is 1.91. The van der Waals surface area contributed by atoms with Crippen molar-refractivity contribution in [3.05, 3.63) is 90.0 Å². The minimum atomic E-state index is -3.27. The Morgan fingerprint density at radius 2 is 1.57 bits per heavy atom. The van der Waals surface area contributed by atoms with Crippen molar-refractivity contribution in [2.75, 3.05) is 43.1 Å². The Morgan fingerprint density at radius 1 is 0.875 bits per heavy atom. The predicted molar refractivity (Wildman–Crippen MR) is 159 cm³/mol. The molecule has 0 spiro atoms. The van der Waals surface area contributed by atoms with Gasteiger partial charge in [-0.1, -0.05) is 36.4 Å². The van der Waals surface area contributed by atoms with Gasteiger partial charge in [0.05, 0.1) is 24.8 Å². The first kappa shape index (κ1) is 28.4. The second-order valence-corrected chi connectivity index (χ2v) is 10.9. The number of hydrogen-bond acceptors (Lipinski definition) is 10. The highest BCUT2D eigenvalue weighted by Crippen LogP contribution is 2.28. The van der Waals surface area contributed by atoms with Gasteiger partial charge in [-0.15, -0.1) is 0 Å². The van der Waals surface area contributed by atoms with Crippen LogP contribution < -0.4 is 25.5 Å². The van der Waals surface area contributed by atoms with Gasteiger partial charge in [-0.05, 0) is 60.9 Å². The number of aromatic nitrogens is 2. The van der Waals surface area contributed by atoms with Gasteiger partial charge in [-0.25, -0.2) is 8.42 Å². The number of anilines is 4. The third-order valence-electron chi connectivity index (χ3n) is 5.96. The number of hydrogen-bond donors (Lipinski definition) is 3. The fourth-order valence-electron chi connectivity index (χ4n) is 3.82. The summed E-state index contributed by atoms with van der Waals surface area (Å²) in [5, 5.41) is 11.0. The molecule has 0 aliphatic carbocycles. The van der Waals surface area contributed by atoms with E-state index >= 15 is 0 Å². The third kappa shape index (κ3) is 7.70. The van der Waals surface area contributed by atoms with Gasteiger partial charge < -0.3 is 20.1 Å². The molecule has 0 saturated carbocycles. The summed E-state index contributed by atoms with van der Waals surface area (Å²) < 4.78 is 34.2. The van der Waals surface area contributed by atoms with Gasteiger partial charge in [0.1, 0.15) is 5.82 Å². The second-order valence-electron chi connectivity index (χ2n) is 8.92. The molecule has 0 bridgehead atoms. The number of rotatable bonds is 12. The van der Waals surface area contributed by atoms with E-state index in [9.17, 15) is 8.42 Å². The lowest BCUT2D eigenvalue weighted by Gasteiger charge is -2.12. The Kier molecular flexibility index (Phi) is 9.18. The molecule has 4 rings (SSSR count). The van der Waals surface area contributed by atoms with Gasteiger partial charge >= 0.3 is 0 Å². The van der Waals surface area contributed by atoms with E-state index in [-0.39, 0.29) is 4.90 Å². The summed E-state index contributed by atoms with van der Waals surface area (Å²) in [5.41, 5.74) is 6.38. The second kappa shape index (κ2) is 12.9. The molecule has 0 saturated heterocycles. The summed E-state index contributed by atoms with van der Waals surface area (Å²) in [7, 11) is -0.0379. The number of ether oxygens (including phenoxy) is 2. The van der Waals surface area contributed by atoms with Gasteiger partial charge in [0.25, 0.3) is 0 Å². The van der Waals surface area contributed by atoms with Gasteiger partial charge in [0.15, 0.2) is 27.2 Å². The topological polar surface area (TPSA) is 127 Å². The van der Waals surface area contributed by atoms with Crippen LogP contribution in [0.1, 0.15) is 18.1 Å². The van der Waals surface area contributed by atoms with Crippen LogP contribution in [0.5, 0.6) is 11.5 Å². The third-order valence-corrected chi connectivity index (χ3v) is 7.09. The molecular weight excluding hydrogens is 528 g/mol. The average molecular weight is 561 g/mol. The van der Waals surface area contributed by atoms with E-state index < -0.39 is 9.84 Å². The number of para-hydroxylation sites is 1. The maximum atomic E-state index is 11.8. The van der Waals surface area contributed by atoms with Gasteiger partial charge in [-0.2, -0.15) is 15.1 Å². The number of benzene rings is 3. The normalized spacial score (nSPS) is 11.6. The molecule has 11 heteroatoms. The lowest BCUT2D eigenvalue weighted by atomic mass is 10.1. The van der Waals surface area contributed by atoms with Crippen LogP contribution in [0.3, 0.4) is 0 Å². The molecular formula is C29H32N6O4S. The summed E-state index contributed by atoms with van der Waals surface area (Å²) >= 11 is 0. The van der Waals surface area contributed by atoms with Crippen molar-refractivity contribution in [3.8, 4) is 11.5 Å². The van der Waals surface area contributed by atoms with Crippen LogP contribution >= 0.6 is 0 Å². The molecule has 0 radical (unpaired) electrons. The van der Waals surface area contributed by atoms with E-state index in [0.29, 0.717) is 41.3 Å². The molecule has 4 aromatic rings. The molecule has 0 aliphatic heterocycles. The molecule has 1 aromatic heterocycles. The lowest BCUT2D eigenvalue weighted by Crippen LogP contribution is -2.10. The van der Waals surface area contributed by atoms with E-state index in [1.807, 2.05) is 55.5 Å². The molecule has 40 heavy (non-hydrogen) atoms. The molecule has 208 valence electrons. The molecule has 0 aliphatic rings. The Hall–Kier alpha value is -4.64. The quantitative estimate of drug-likeness (QED) is 0.160. The van der Waals surface area contributed by atoms with E-state index in [1.54, 1.807) is 44.6 Å². The predicted octanol–water partition coefficient (Wildman–Crippen LogP) is 5.13. The van der Waals surface area contributed by atoms with E-state index in [4.69, 9.17) is 9.47 Å². The van der Waals surface area contributed by atoms with Crippen molar-refractivity contribution in [3.63, 3.8) is 0 Å². The fraction of sp³-hybridized carbons (Fsp3) is 0.207. The molecule has 0 unspecified atom stereocenters. The summed E-state index contributed by atoms with van der Waals surface area (Å²) in [6.45, 7) is 2.45. The van der Waals surface area contributed by atoms with Crippen molar-refractivity contribution in [1.29, 1.82) is 0 Å². The molecule has 1 heterocycles. The van der Waals surface area contributed by atoms with E-state index in [0.717, 1.165) is 23.2 Å². The molecule has 3 N–H and O–H groups in total. The van der Waals surface area contributed by atoms with Crippen LogP contribution in [0.15, 0.2) is 88.9 Å². The van der Waals surface area contributed by atoms with Crippen LogP contribution in [0, 0.1) is 0 Å². The summed E-state index contributed by atoms with van der Waals surface area (Å²) in [6, 6.07) is 23.8. The van der Waals surface area contributed by atoms with Crippen molar-refractivity contribution < 1.29 is 17.9 Å². The van der Waals surface area contributed by atoms with E-state index in [2.05, 4.69) is 31.1 Å². The Bertz CT molecular complexity index is 1580. The summed E-state index contributed by atoms with van der Waals surface area (Å²) in [5.74, 6) is 2.86. The Balaban J connectivity index is 1.51. The van der Waals surface area contributed by atoms with Crippen molar-refractivity contribution >= 4 is 38.8 Å². The zero-order valence-corrected chi connectivity index (χ0v) is 23.6. The Morgan fingerprint density at radius 3 is 2.25 bits per heavy atom. The highest BCUT2D eigenvalue weighted by molar-refractivity contribution is 7.90. The fourth-order valence-corrected chi connectivity index (χ4v) is 4.45. The van der Waals surface area contributed by atoms with E-state index in [1.165, 1.54) is 6.26 Å². The molecule has 0 atom stereocenters. The maximum Gasteiger partial charge on any atom is 0.231 e. The number of methoxy groups -OCH3 is 2. The zero-order valence-electron chi connectivity index (χ0n) is 22.8. The highest BCUT2D eigenvalue weighted by atomic mass is 32.2. The van der Waals surface area contributed by atoms with Crippen molar-refractivity contribution in [2.45, 2.75) is 18.2 Å². The number of sulfone groups is 1. The smallest absolute Gasteiger partial charge is 0.231 e. The standard InChI is InChI=1S/C29H32N6O4S/c1-20(22-11-13-24(14-12-22)40(4,36)37)34-35-28-19-27(32-29(33-28)31-23-8-6-5-7-9-23)30-17-16-21-10-15-25(38-2)26(18-21)39-3/h5-15,18-19H,16-17H2,1-4H3,(H3,30,31,32,33,35). The highest BCUT2D eigenvalue weighted by Gasteiger charge is 2.09. The molecule has 10 nitrogen and oxygen atoms in total. The van der Waals surface area contributed by atoms with Crippen molar-refractivity contribution in [1.82, 2.24) is 9.97 Å². The number of hydrazone groups is 1. The molecule has 0 amide bonds. The molecule has 3 aromatic carbocycles. The van der Waals surface area contributed by atoms with Crippen LogP contribution in [-0.2, 0) is 16.3 Å². The summed E-state index contributed by atoms with van der Waals surface area (Å²) in [4.78, 5) is 9.43. The van der Waals surface area contributed by atoms with Crippen LogP contribution in [0.25, 0.3) is 0 Å². The minimum Gasteiger partial charge on any atom is -0.493 e. The minimum absolute atomic E-state index is 0.258. The first-order valence-corrected chi connectivity index (χ1v) is 14.4. The number of nitrogens with one attached hydrogen (secondary N) is 3. The zero-order chi connectivity index (χ0) is 28.5. The SMILES string of the molecule is COc1ccc(CCNc2cc(NN=C(C)c3ccc(S(C)(=O)=O)cc3)nc(Nc3ccccc3)n2)cc1OC. The van der Waals surface area contributed by atoms with Crippen LogP contribution in [0.2, 0.25) is 0 Å². The van der Waals surface area contributed by atoms with Gasteiger partial charge in [0, 0.05) is 24.6 Å². The molecule has 0 fully saturated rings. The van der Waals surface area contributed by atoms with Crippen molar-refractivity contribution in [2.24, 2.45) is 5.10 Å². The monoisotopic (exact) mass is 560 g/mol. The van der Waals surface area contributed by atoms with Crippen LogP contribution in [0.4, 0.5) is 23.3 Å². The lowest BCUT2D eigenvalue weighted by molar-refractivity contribution is 0.354. The number of nitrogens with zero attached hydrogens (tertiary/aromatic N) is 3. The average Bonchev–Trinajstić information content (AvgIpc) is 2.96. The largest absolute Gasteiger partial charge is 0.493 e. The maximum absolute atomic E-state index is 11.8. The first-order valence-electron chi connectivity index (χ1n) is 12.5.